The number of nitrogens with one attached hydrogen (secondary N) is 1. The van der Waals surface area contributed by atoms with Gasteiger partial charge in [0.2, 0.25) is 5.95 Å². The first-order chi connectivity index (χ1) is 15.7. The lowest BCUT2D eigenvalue weighted by Gasteiger charge is -2.29. The monoisotopic (exact) mass is 483 g/mol. The smallest absolute Gasteiger partial charge is 0.338 e. The van der Waals surface area contributed by atoms with Gasteiger partial charge in [0.1, 0.15) is 6.67 Å². The summed E-state index contributed by atoms with van der Waals surface area (Å²) in [4.78, 5) is 10.5. The van der Waals surface area contributed by atoms with Crippen molar-refractivity contribution in [2.45, 2.75) is 11.1 Å². The fourth-order valence-electron chi connectivity index (χ4n) is 3.60. The van der Waals surface area contributed by atoms with Crippen LogP contribution in [0.3, 0.4) is 0 Å². The van der Waals surface area contributed by atoms with E-state index in [0.717, 1.165) is 16.4 Å². The first-order valence-electron chi connectivity index (χ1n) is 10.2. The highest BCUT2D eigenvalue weighted by molar-refractivity contribution is 7.92. The van der Waals surface area contributed by atoms with Gasteiger partial charge in [-0.3, -0.25) is 0 Å². The number of halogens is 4. The molecule has 1 aliphatic heterocycles. The van der Waals surface area contributed by atoms with Gasteiger partial charge in [0.05, 0.1) is 22.5 Å². The van der Waals surface area contributed by atoms with Crippen LogP contribution in [-0.2, 0) is 16.2 Å². The molecule has 4 rings (SSSR count). The van der Waals surface area contributed by atoms with E-state index in [1.54, 1.807) is 24.3 Å². The van der Waals surface area contributed by atoms with Crippen LogP contribution in [-0.4, -0.2) is 57.8 Å². The van der Waals surface area contributed by atoms with Crippen molar-refractivity contribution in [3.05, 3.63) is 54.1 Å². The first kappa shape index (κ1) is 23.2. The molecule has 2 aromatic carbocycles. The summed E-state index contributed by atoms with van der Waals surface area (Å²) < 4.78 is 79.9. The van der Waals surface area contributed by atoms with E-state index >= 15 is 0 Å². The Morgan fingerprint density at radius 1 is 1.00 bits per heavy atom. The molecule has 0 bridgehead atoms. The molecule has 0 aliphatic carbocycles. The SMILES string of the molecule is O=S(=O)(c1ccc(C(F)(F)F)cc1)N(CCF)c1nc(N2CCNCC2)nc2ccccc12. The van der Waals surface area contributed by atoms with Crippen LogP contribution in [0.25, 0.3) is 10.9 Å². The van der Waals surface area contributed by atoms with Gasteiger partial charge in [-0.15, -0.1) is 0 Å². The fourth-order valence-corrected chi connectivity index (χ4v) is 5.01. The molecular formula is C21H21F4N5O2S. The summed E-state index contributed by atoms with van der Waals surface area (Å²) in [6.07, 6.45) is -4.61. The lowest BCUT2D eigenvalue weighted by Crippen LogP contribution is -2.44. The molecule has 0 radical (unpaired) electrons. The van der Waals surface area contributed by atoms with Crippen LogP contribution < -0.4 is 14.5 Å². The number of hydrogen-bond acceptors (Lipinski definition) is 6. The van der Waals surface area contributed by atoms with Gasteiger partial charge in [-0.2, -0.15) is 18.2 Å². The molecule has 1 aromatic heterocycles. The molecule has 0 saturated carbocycles. The summed E-state index contributed by atoms with van der Waals surface area (Å²) in [5.74, 6) is 0.281. The number of para-hydroxylation sites is 1. The third-order valence-electron chi connectivity index (χ3n) is 5.26. The number of alkyl halides is 4. The second-order valence-corrected chi connectivity index (χ2v) is 9.25. The minimum atomic E-state index is -4.61. The van der Waals surface area contributed by atoms with E-state index in [4.69, 9.17) is 0 Å². The third-order valence-corrected chi connectivity index (χ3v) is 7.07. The Morgan fingerprint density at radius 2 is 1.67 bits per heavy atom. The maximum absolute atomic E-state index is 13.5. The van der Waals surface area contributed by atoms with Crippen LogP contribution in [0.2, 0.25) is 0 Å². The Hall–Kier alpha value is -2.99. The number of aromatic nitrogens is 2. The third kappa shape index (κ3) is 4.71. The van der Waals surface area contributed by atoms with E-state index in [1.807, 2.05) is 4.90 Å². The standard InChI is InChI=1S/C21H21F4N5O2S/c22-9-12-30(33(31,32)16-7-5-15(6-8-16)21(23,24)25)19-17-3-1-2-4-18(17)27-20(28-19)29-13-10-26-11-14-29/h1-8,26H,9-14H2. The molecule has 2 heterocycles. The molecule has 0 spiro atoms. The van der Waals surface area contributed by atoms with Crippen molar-refractivity contribution in [2.75, 3.05) is 48.6 Å². The van der Waals surface area contributed by atoms with Crippen molar-refractivity contribution >= 4 is 32.7 Å². The van der Waals surface area contributed by atoms with Gasteiger partial charge in [-0.25, -0.2) is 22.1 Å². The lowest BCUT2D eigenvalue weighted by molar-refractivity contribution is -0.137. The van der Waals surface area contributed by atoms with Crippen LogP contribution in [0.1, 0.15) is 5.56 Å². The normalized spacial score (nSPS) is 15.1. The van der Waals surface area contributed by atoms with Gasteiger partial charge in [-0.05, 0) is 36.4 Å². The quantitative estimate of drug-likeness (QED) is 0.543. The number of nitrogens with zero attached hydrogens (tertiary/aromatic N) is 4. The Kier molecular flexibility index (Phi) is 6.39. The topological polar surface area (TPSA) is 78.4 Å². The molecule has 1 aliphatic rings. The van der Waals surface area contributed by atoms with Crippen molar-refractivity contribution in [2.24, 2.45) is 0 Å². The van der Waals surface area contributed by atoms with Gasteiger partial charge in [0, 0.05) is 31.6 Å². The van der Waals surface area contributed by atoms with E-state index in [2.05, 4.69) is 15.3 Å². The highest BCUT2D eigenvalue weighted by Crippen LogP contribution is 2.33. The van der Waals surface area contributed by atoms with Crippen LogP contribution in [0.4, 0.5) is 29.3 Å². The first-order valence-corrected chi connectivity index (χ1v) is 11.6. The molecule has 1 fully saturated rings. The van der Waals surface area contributed by atoms with Crippen molar-refractivity contribution in [3.8, 4) is 0 Å². The molecule has 176 valence electrons. The molecule has 0 amide bonds. The minimum Gasteiger partial charge on any atom is -0.338 e. The number of hydrogen-bond donors (Lipinski definition) is 1. The number of fused-ring (bicyclic) bond motifs is 1. The van der Waals surface area contributed by atoms with Crippen LogP contribution in [0.15, 0.2) is 53.4 Å². The number of rotatable bonds is 6. The summed E-state index contributed by atoms with van der Waals surface area (Å²) >= 11 is 0. The van der Waals surface area contributed by atoms with Crippen molar-refractivity contribution < 1.29 is 26.0 Å². The Morgan fingerprint density at radius 3 is 2.30 bits per heavy atom. The van der Waals surface area contributed by atoms with Gasteiger partial charge >= 0.3 is 6.18 Å². The highest BCUT2D eigenvalue weighted by Gasteiger charge is 2.33. The maximum Gasteiger partial charge on any atom is 0.416 e. The number of piperazine rings is 1. The van der Waals surface area contributed by atoms with E-state index in [0.29, 0.717) is 55.2 Å². The average molecular weight is 483 g/mol. The zero-order valence-electron chi connectivity index (χ0n) is 17.4. The Labute approximate surface area is 188 Å². The van der Waals surface area contributed by atoms with E-state index in [-0.39, 0.29) is 5.82 Å². The molecule has 7 nitrogen and oxygen atoms in total. The van der Waals surface area contributed by atoms with Crippen molar-refractivity contribution in [1.82, 2.24) is 15.3 Å². The second-order valence-electron chi connectivity index (χ2n) is 7.39. The molecular weight excluding hydrogens is 462 g/mol. The van der Waals surface area contributed by atoms with E-state index in [9.17, 15) is 26.0 Å². The van der Waals surface area contributed by atoms with E-state index in [1.165, 1.54) is 0 Å². The van der Waals surface area contributed by atoms with Crippen LogP contribution in [0, 0.1) is 0 Å². The summed E-state index contributed by atoms with van der Waals surface area (Å²) in [5.41, 5.74) is -0.505. The minimum absolute atomic E-state index is 0.0216. The molecule has 12 heteroatoms. The molecule has 3 aromatic rings. The Bertz CT molecular complexity index is 1230. The zero-order chi connectivity index (χ0) is 23.6. The number of anilines is 2. The predicted molar refractivity (Wildman–Crippen MR) is 117 cm³/mol. The van der Waals surface area contributed by atoms with Crippen molar-refractivity contribution in [3.63, 3.8) is 0 Å². The van der Waals surface area contributed by atoms with Gasteiger partial charge < -0.3 is 10.2 Å². The predicted octanol–water partition coefficient (Wildman–Crippen LogP) is 3.22. The second kappa shape index (κ2) is 9.10. The van der Waals surface area contributed by atoms with Crippen molar-refractivity contribution in [1.29, 1.82) is 0 Å². The zero-order valence-corrected chi connectivity index (χ0v) is 18.2. The summed E-state index contributed by atoms with van der Waals surface area (Å²) in [6, 6.07) is 9.84. The molecule has 0 atom stereocenters. The van der Waals surface area contributed by atoms with Crippen LogP contribution >= 0.6 is 0 Å². The molecule has 33 heavy (non-hydrogen) atoms. The number of benzene rings is 2. The lowest BCUT2D eigenvalue weighted by atomic mass is 10.2. The van der Waals surface area contributed by atoms with E-state index < -0.39 is 39.9 Å². The molecule has 1 saturated heterocycles. The van der Waals surface area contributed by atoms with Gasteiger partial charge in [-0.1, -0.05) is 12.1 Å². The van der Waals surface area contributed by atoms with Gasteiger partial charge in [0.15, 0.2) is 5.82 Å². The molecule has 0 unspecified atom stereocenters. The summed E-state index contributed by atoms with van der Waals surface area (Å²) in [7, 11) is -4.41. The van der Waals surface area contributed by atoms with Crippen LogP contribution in [0.5, 0.6) is 0 Å². The number of sulfonamides is 1. The molecule has 1 N–H and O–H groups in total. The van der Waals surface area contributed by atoms with Gasteiger partial charge in [0.25, 0.3) is 10.0 Å². The fraction of sp³-hybridized carbons (Fsp3) is 0.333. The highest BCUT2D eigenvalue weighted by atomic mass is 32.2. The summed E-state index contributed by atoms with van der Waals surface area (Å²) in [6.45, 7) is 1.04. The summed E-state index contributed by atoms with van der Waals surface area (Å²) in [5, 5.41) is 3.60. The maximum atomic E-state index is 13.5. The largest absolute Gasteiger partial charge is 0.416 e. The Balaban J connectivity index is 1.83. The average Bonchev–Trinajstić information content (AvgIpc) is 2.82.